The van der Waals surface area contributed by atoms with Crippen LogP contribution in [0.4, 0.5) is 4.39 Å². The normalized spacial score (nSPS) is 15.2. The lowest BCUT2D eigenvalue weighted by molar-refractivity contribution is -0.121. The van der Waals surface area contributed by atoms with E-state index in [0.717, 1.165) is 21.9 Å². The number of aromatic nitrogens is 2. The highest BCUT2D eigenvalue weighted by Gasteiger charge is 2.44. The summed E-state index contributed by atoms with van der Waals surface area (Å²) < 4.78 is 14.9. The van der Waals surface area contributed by atoms with Crippen LogP contribution in [0.2, 0.25) is 0 Å². The average Bonchev–Trinajstić information content (AvgIpc) is 3.05. The quantitative estimate of drug-likeness (QED) is 0.794. The van der Waals surface area contributed by atoms with Crippen molar-refractivity contribution in [2.45, 2.75) is 24.8 Å². The molecule has 1 aromatic carbocycles. The number of hydrogen-bond acceptors (Lipinski definition) is 4. The maximum atomic E-state index is 13.0. The van der Waals surface area contributed by atoms with E-state index in [0.29, 0.717) is 12.8 Å². The van der Waals surface area contributed by atoms with Crippen LogP contribution in [0.3, 0.4) is 0 Å². The number of imidazole rings is 1. The van der Waals surface area contributed by atoms with Gasteiger partial charge in [0.25, 0.3) is 0 Å². The maximum absolute atomic E-state index is 13.0. The van der Waals surface area contributed by atoms with Crippen LogP contribution in [0.25, 0.3) is 16.2 Å². The number of nitriles is 1. The van der Waals surface area contributed by atoms with Gasteiger partial charge in [-0.15, -0.1) is 11.3 Å². The molecule has 1 aliphatic rings. The van der Waals surface area contributed by atoms with Crippen LogP contribution >= 0.6 is 11.3 Å². The van der Waals surface area contributed by atoms with Gasteiger partial charge in [0.2, 0.25) is 5.91 Å². The van der Waals surface area contributed by atoms with Gasteiger partial charge in [-0.2, -0.15) is 5.26 Å². The molecule has 1 fully saturated rings. The van der Waals surface area contributed by atoms with E-state index in [4.69, 9.17) is 5.26 Å². The van der Waals surface area contributed by atoms with Gasteiger partial charge in [-0.3, -0.25) is 9.20 Å². The SMILES string of the molecule is N#CC1(NC(=O)Cc2csc3nc(-c4ccc(F)cc4)cn23)CC1. The summed E-state index contributed by atoms with van der Waals surface area (Å²) in [7, 11) is 0. The van der Waals surface area contributed by atoms with Crippen molar-refractivity contribution in [3.05, 3.63) is 47.4 Å². The molecule has 1 aliphatic carbocycles. The number of carbonyl (C=O) groups excluding carboxylic acids is 1. The minimum absolute atomic E-state index is 0.161. The lowest BCUT2D eigenvalue weighted by Crippen LogP contribution is -2.36. The molecule has 3 aromatic rings. The van der Waals surface area contributed by atoms with Crippen molar-refractivity contribution in [1.29, 1.82) is 5.26 Å². The molecule has 0 aliphatic heterocycles. The summed E-state index contributed by atoms with van der Waals surface area (Å²) in [6.07, 6.45) is 3.48. The molecule has 0 unspecified atom stereocenters. The van der Waals surface area contributed by atoms with Crippen molar-refractivity contribution in [3.63, 3.8) is 0 Å². The standard InChI is InChI=1S/C17H13FN4OS/c18-12-3-1-11(2-4-12)14-8-22-13(9-24-16(22)20-14)7-15(23)21-17(10-19)5-6-17/h1-4,8-9H,5-7H2,(H,21,23). The highest BCUT2D eigenvalue weighted by atomic mass is 32.1. The van der Waals surface area contributed by atoms with Crippen molar-refractivity contribution in [2.75, 3.05) is 0 Å². The van der Waals surface area contributed by atoms with Crippen molar-refractivity contribution in [2.24, 2.45) is 0 Å². The minimum atomic E-state index is -0.652. The van der Waals surface area contributed by atoms with Crippen molar-refractivity contribution in [1.82, 2.24) is 14.7 Å². The van der Waals surface area contributed by atoms with Gasteiger partial charge in [0.1, 0.15) is 11.4 Å². The summed E-state index contributed by atoms with van der Waals surface area (Å²) in [6, 6.07) is 8.30. The van der Waals surface area contributed by atoms with Crippen LogP contribution < -0.4 is 5.32 Å². The molecule has 2 heterocycles. The van der Waals surface area contributed by atoms with E-state index in [1.54, 1.807) is 12.1 Å². The Morgan fingerprint density at radius 2 is 2.17 bits per heavy atom. The maximum Gasteiger partial charge on any atom is 0.227 e. The number of halogens is 1. The molecule has 0 bridgehead atoms. The minimum Gasteiger partial charge on any atom is -0.337 e. The molecule has 24 heavy (non-hydrogen) atoms. The Balaban J connectivity index is 1.57. The van der Waals surface area contributed by atoms with Gasteiger partial charge in [-0.25, -0.2) is 9.37 Å². The number of fused-ring (bicyclic) bond motifs is 1. The molecule has 7 heteroatoms. The van der Waals surface area contributed by atoms with E-state index in [2.05, 4.69) is 16.4 Å². The zero-order valence-corrected chi connectivity index (χ0v) is 13.4. The molecule has 1 amide bonds. The fourth-order valence-corrected chi connectivity index (χ4v) is 3.45. The number of hydrogen-bond donors (Lipinski definition) is 1. The summed E-state index contributed by atoms with van der Waals surface area (Å²) in [5.74, 6) is -0.450. The first-order valence-electron chi connectivity index (χ1n) is 7.52. The van der Waals surface area contributed by atoms with Crippen LogP contribution in [-0.2, 0) is 11.2 Å². The first kappa shape index (κ1) is 14.8. The summed E-state index contributed by atoms with van der Waals surface area (Å²) in [6.45, 7) is 0. The Kier molecular flexibility index (Phi) is 3.36. The third kappa shape index (κ3) is 2.65. The van der Waals surface area contributed by atoms with E-state index in [1.807, 2.05) is 16.0 Å². The molecular weight excluding hydrogens is 327 g/mol. The van der Waals surface area contributed by atoms with Gasteiger partial charge in [0.15, 0.2) is 4.96 Å². The number of nitrogens with one attached hydrogen (secondary N) is 1. The monoisotopic (exact) mass is 340 g/mol. The Labute approximate surface area is 141 Å². The number of nitrogens with zero attached hydrogens (tertiary/aromatic N) is 3. The third-order valence-electron chi connectivity index (χ3n) is 4.11. The molecule has 0 saturated heterocycles. The van der Waals surface area contributed by atoms with Gasteiger partial charge in [-0.1, -0.05) is 0 Å². The summed E-state index contributed by atoms with van der Waals surface area (Å²) >= 11 is 1.45. The average molecular weight is 340 g/mol. The van der Waals surface area contributed by atoms with Crippen molar-refractivity contribution >= 4 is 22.2 Å². The molecule has 1 saturated carbocycles. The van der Waals surface area contributed by atoms with E-state index < -0.39 is 5.54 Å². The second-order valence-corrected chi connectivity index (χ2v) is 6.77. The van der Waals surface area contributed by atoms with Crippen LogP contribution in [0.1, 0.15) is 18.5 Å². The van der Waals surface area contributed by atoms with Crippen molar-refractivity contribution in [3.8, 4) is 17.3 Å². The lowest BCUT2D eigenvalue weighted by atomic mass is 10.2. The van der Waals surface area contributed by atoms with Gasteiger partial charge in [0, 0.05) is 22.8 Å². The molecule has 2 aromatic heterocycles. The van der Waals surface area contributed by atoms with Gasteiger partial charge in [0.05, 0.1) is 18.2 Å². The number of benzene rings is 1. The Bertz CT molecular complexity index is 963. The van der Waals surface area contributed by atoms with E-state index in [1.165, 1.54) is 23.5 Å². The molecule has 1 N–H and O–H groups in total. The third-order valence-corrected chi connectivity index (χ3v) is 5.00. The molecule has 120 valence electrons. The number of amides is 1. The zero-order valence-electron chi connectivity index (χ0n) is 12.6. The van der Waals surface area contributed by atoms with Gasteiger partial charge >= 0.3 is 0 Å². The largest absolute Gasteiger partial charge is 0.337 e. The van der Waals surface area contributed by atoms with Gasteiger partial charge in [-0.05, 0) is 37.1 Å². The molecule has 4 rings (SSSR count). The Hall–Kier alpha value is -2.72. The van der Waals surface area contributed by atoms with Crippen LogP contribution in [-0.4, -0.2) is 20.8 Å². The number of thiazole rings is 1. The van der Waals surface area contributed by atoms with E-state index in [-0.39, 0.29) is 18.1 Å². The lowest BCUT2D eigenvalue weighted by Gasteiger charge is -2.08. The fraction of sp³-hybridized carbons (Fsp3) is 0.235. The summed E-state index contributed by atoms with van der Waals surface area (Å²) in [4.78, 5) is 17.4. The Morgan fingerprint density at radius 1 is 1.42 bits per heavy atom. The predicted octanol–water partition coefficient (Wildman–Crippen LogP) is 2.92. The fourth-order valence-electron chi connectivity index (χ4n) is 2.58. The summed E-state index contributed by atoms with van der Waals surface area (Å²) in [5.41, 5.74) is 1.73. The molecule has 5 nitrogen and oxygen atoms in total. The van der Waals surface area contributed by atoms with E-state index in [9.17, 15) is 9.18 Å². The number of carbonyl (C=O) groups is 1. The molecule has 0 radical (unpaired) electrons. The van der Waals surface area contributed by atoms with Crippen LogP contribution in [0, 0.1) is 17.1 Å². The second-order valence-electron chi connectivity index (χ2n) is 5.93. The Morgan fingerprint density at radius 3 is 2.83 bits per heavy atom. The van der Waals surface area contributed by atoms with Gasteiger partial charge < -0.3 is 5.32 Å². The second kappa shape index (κ2) is 5.42. The first-order chi connectivity index (χ1) is 11.6. The van der Waals surface area contributed by atoms with Crippen molar-refractivity contribution < 1.29 is 9.18 Å². The van der Waals surface area contributed by atoms with Crippen LogP contribution in [0.15, 0.2) is 35.8 Å². The first-order valence-corrected chi connectivity index (χ1v) is 8.40. The van der Waals surface area contributed by atoms with Crippen LogP contribution in [0.5, 0.6) is 0 Å². The zero-order chi connectivity index (χ0) is 16.7. The smallest absolute Gasteiger partial charge is 0.227 e. The molecular formula is C17H13FN4OS. The summed E-state index contributed by atoms with van der Waals surface area (Å²) in [5, 5.41) is 13.7. The molecule has 0 atom stereocenters. The number of rotatable bonds is 4. The highest BCUT2D eigenvalue weighted by Crippen LogP contribution is 2.34. The van der Waals surface area contributed by atoms with E-state index >= 15 is 0 Å². The highest BCUT2D eigenvalue weighted by molar-refractivity contribution is 7.15. The topological polar surface area (TPSA) is 70.2 Å². The molecule has 0 spiro atoms. The predicted molar refractivity (Wildman–Crippen MR) is 87.9 cm³/mol.